The lowest BCUT2D eigenvalue weighted by molar-refractivity contribution is -0.122. The number of hydrogen-bond acceptors (Lipinski definition) is 6. The summed E-state index contributed by atoms with van der Waals surface area (Å²) in [7, 11) is 1.36. The van der Waals surface area contributed by atoms with Crippen LogP contribution in [0.3, 0.4) is 0 Å². The number of nitriles is 1. The number of amides is 1. The molecule has 0 fully saturated rings. The number of carboxylic acids is 1. The van der Waals surface area contributed by atoms with E-state index in [1.807, 2.05) is 0 Å². The molecular weight excluding hydrogens is 266 g/mol. The van der Waals surface area contributed by atoms with Gasteiger partial charge >= 0.3 is 5.97 Å². The number of anilines is 1. The molecule has 0 saturated carbocycles. The zero-order valence-electron chi connectivity index (χ0n) is 10.7. The van der Waals surface area contributed by atoms with Crippen LogP contribution in [0.4, 0.5) is 5.69 Å². The van der Waals surface area contributed by atoms with Crippen LogP contribution in [-0.4, -0.2) is 37.2 Å². The number of aromatic carboxylic acids is 1. The molecule has 0 spiro atoms. The van der Waals surface area contributed by atoms with Gasteiger partial charge in [0.05, 0.1) is 24.4 Å². The largest absolute Gasteiger partial charge is 0.493 e. The molecule has 0 heterocycles. The van der Waals surface area contributed by atoms with Crippen molar-refractivity contribution in [2.75, 3.05) is 26.0 Å². The predicted molar refractivity (Wildman–Crippen MR) is 68.5 cm³/mol. The summed E-state index contributed by atoms with van der Waals surface area (Å²) in [5.41, 5.74) is 5.43. The first-order valence-electron chi connectivity index (χ1n) is 5.46. The Morgan fingerprint density at radius 3 is 2.70 bits per heavy atom. The average molecular weight is 279 g/mol. The highest BCUT2D eigenvalue weighted by Crippen LogP contribution is 2.32. The molecule has 8 heteroatoms. The minimum Gasteiger partial charge on any atom is -0.493 e. The number of hydrogen-bond donors (Lipinski definition) is 3. The van der Waals surface area contributed by atoms with Gasteiger partial charge in [-0.1, -0.05) is 0 Å². The van der Waals surface area contributed by atoms with E-state index in [9.17, 15) is 9.59 Å². The second-order valence-electron chi connectivity index (χ2n) is 3.62. The fourth-order valence-electron chi connectivity index (χ4n) is 1.37. The highest BCUT2D eigenvalue weighted by molar-refractivity contribution is 5.94. The number of benzene rings is 1. The average Bonchev–Trinajstić information content (AvgIpc) is 2.42. The van der Waals surface area contributed by atoms with Crippen molar-refractivity contribution in [2.24, 2.45) is 0 Å². The van der Waals surface area contributed by atoms with E-state index in [1.165, 1.54) is 19.2 Å². The minimum absolute atomic E-state index is 0.0237. The fourth-order valence-corrected chi connectivity index (χ4v) is 1.37. The van der Waals surface area contributed by atoms with Crippen LogP contribution in [0.25, 0.3) is 0 Å². The molecule has 8 nitrogen and oxygen atoms in total. The van der Waals surface area contributed by atoms with Gasteiger partial charge in [-0.2, -0.15) is 5.26 Å². The van der Waals surface area contributed by atoms with Crippen molar-refractivity contribution in [3.63, 3.8) is 0 Å². The fraction of sp³-hybridized carbons (Fsp3) is 0.250. The molecule has 1 rings (SSSR count). The zero-order valence-corrected chi connectivity index (χ0v) is 10.7. The molecule has 1 amide bonds. The number of nitrogen functional groups attached to an aromatic ring is 1. The summed E-state index contributed by atoms with van der Waals surface area (Å²) < 4.78 is 10.2. The molecule has 106 valence electrons. The monoisotopic (exact) mass is 279 g/mol. The van der Waals surface area contributed by atoms with Crippen LogP contribution in [0.2, 0.25) is 0 Å². The molecule has 0 aliphatic carbocycles. The molecule has 0 radical (unpaired) electrons. The maximum atomic E-state index is 11.3. The molecule has 1 aromatic carbocycles. The number of nitrogens with one attached hydrogen (secondary N) is 1. The lowest BCUT2D eigenvalue weighted by Crippen LogP contribution is -2.29. The number of carboxylic acid groups (broad SMARTS) is 1. The molecule has 0 aliphatic rings. The van der Waals surface area contributed by atoms with E-state index in [0.29, 0.717) is 0 Å². The van der Waals surface area contributed by atoms with Crippen molar-refractivity contribution in [2.45, 2.75) is 0 Å². The maximum absolute atomic E-state index is 11.3. The highest BCUT2D eigenvalue weighted by Gasteiger charge is 2.15. The first-order valence-corrected chi connectivity index (χ1v) is 5.46. The number of carbonyl (C=O) groups is 2. The molecule has 20 heavy (non-hydrogen) atoms. The second-order valence-corrected chi connectivity index (χ2v) is 3.62. The van der Waals surface area contributed by atoms with E-state index in [2.05, 4.69) is 5.32 Å². The Hall–Kier alpha value is -2.95. The molecule has 0 saturated heterocycles. The summed E-state index contributed by atoms with van der Waals surface area (Å²) in [5.74, 6) is -1.45. The second kappa shape index (κ2) is 6.84. The highest BCUT2D eigenvalue weighted by atomic mass is 16.5. The van der Waals surface area contributed by atoms with Crippen molar-refractivity contribution < 1.29 is 24.2 Å². The van der Waals surface area contributed by atoms with Crippen LogP contribution in [0.5, 0.6) is 11.5 Å². The normalized spacial score (nSPS) is 9.40. The van der Waals surface area contributed by atoms with Crippen molar-refractivity contribution >= 4 is 17.6 Å². The molecule has 4 N–H and O–H groups in total. The van der Waals surface area contributed by atoms with Gasteiger partial charge in [-0.25, -0.2) is 4.79 Å². The van der Waals surface area contributed by atoms with Gasteiger partial charge in [0.15, 0.2) is 18.1 Å². The molecular formula is C12H13N3O5. The van der Waals surface area contributed by atoms with E-state index in [1.54, 1.807) is 6.07 Å². The Kier molecular flexibility index (Phi) is 5.17. The van der Waals surface area contributed by atoms with Crippen LogP contribution in [0, 0.1) is 11.3 Å². The Morgan fingerprint density at radius 2 is 2.15 bits per heavy atom. The van der Waals surface area contributed by atoms with E-state index in [-0.39, 0.29) is 35.9 Å². The Bertz CT molecular complexity index is 565. The van der Waals surface area contributed by atoms with Gasteiger partial charge in [-0.05, 0) is 0 Å². The van der Waals surface area contributed by atoms with Crippen molar-refractivity contribution in [3.8, 4) is 17.6 Å². The summed E-state index contributed by atoms with van der Waals surface area (Å²) in [4.78, 5) is 22.3. The third kappa shape index (κ3) is 3.78. The number of rotatable bonds is 6. The molecule has 1 aromatic rings. The third-order valence-corrected chi connectivity index (χ3v) is 2.29. The molecule has 0 aliphatic heterocycles. The van der Waals surface area contributed by atoms with Gasteiger partial charge < -0.3 is 25.6 Å². The lowest BCUT2D eigenvalue weighted by atomic mass is 10.1. The van der Waals surface area contributed by atoms with Gasteiger partial charge in [0.2, 0.25) is 0 Å². The van der Waals surface area contributed by atoms with Crippen LogP contribution in [0.1, 0.15) is 10.4 Å². The topological polar surface area (TPSA) is 135 Å². The maximum Gasteiger partial charge on any atom is 0.337 e. The molecule has 0 unspecified atom stereocenters. The van der Waals surface area contributed by atoms with Crippen molar-refractivity contribution in [1.82, 2.24) is 5.32 Å². The quantitative estimate of drug-likeness (QED) is 0.492. The van der Waals surface area contributed by atoms with Crippen LogP contribution >= 0.6 is 0 Å². The Morgan fingerprint density at radius 1 is 1.45 bits per heavy atom. The molecule has 0 atom stereocenters. The Balaban J connectivity index is 2.88. The standard InChI is InChI=1S/C12H13N3O5/c1-19-9-5-8(14)7(12(17)18)4-10(9)20-6-11(16)15-3-2-13/h4-5H,3,6,14H2,1H3,(H,15,16)(H,17,18). The van der Waals surface area contributed by atoms with Crippen LogP contribution in [0.15, 0.2) is 12.1 Å². The van der Waals surface area contributed by atoms with Gasteiger partial charge in [0.25, 0.3) is 5.91 Å². The van der Waals surface area contributed by atoms with E-state index >= 15 is 0 Å². The van der Waals surface area contributed by atoms with Crippen LogP contribution in [-0.2, 0) is 4.79 Å². The zero-order chi connectivity index (χ0) is 15.1. The van der Waals surface area contributed by atoms with Gasteiger partial charge in [-0.3, -0.25) is 4.79 Å². The first kappa shape index (κ1) is 15.1. The van der Waals surface area contributed by atoms with Crippen molar-refractivity contribution in [1.29, 1.82) is 5.26 Å². The number of ether oxygens (including phenoxy) is 2. The van der Waals surface area contributed by atoms with Gasteiger partial charge in [-0.15, -0.1) is 0 Å². The molecule has 0 bridgehead atoms. The van der Waals surface area contributed by atoms with Gasteiger partial charge in [0.1, 0.15) is 6.54 Å². The lowest BCUT2D eigenvalue weighted by Gasteiger charge is -2.12. The van der Waals surface area contributed by atoms with E-state index < -0.39 is 11.9 Å². The summed E-state index contributed by atoms with van der Waals surface area (Å²) in [6.07, 6.45) is 0. The number of methoxy groups -OCH3 is 1. The van der Waals surface area contributed by atoms with Gasteiger partial charge in [0, 0.05) is 12.1 Å². The van der Waals surface area contributed by atoms with E-state index in [0.717, 1.165) is 0 Å². The number of nitrogens with two attached hydrogens (primary N) is 1. The summed E-state index contributed by atoms with van der Waals surface area (Å²) >= 11 is 0. The first-order chi connectivity index (χ1) is 9.49. The summed E-state index contributed by atoms with van der Waals surface area (Å²) in [6, 6.07) is 4.22. The predicted octanol–water partition coefficient (Wildman–Crippen LogP) is -0.00582. The third-order valence-electron chi connectivity index (χ3n) is 2.29. The van der Waals surface area contributed by atoms with E-state index in [4.69, 9.17) is 25.6 Å². The summed E-state index contributed by atoms with van der Waals surface area (Å²) in [6.45, 7) is -0.511. The van der Waals surface area contributed by atoms with Crippen molar-refractivity contribution in [3.05, 3.63) is 17.7 Å². The van der Waals surface area contributed by atoms with Crippen LogP contribution < -0.4 is 20.5 Å². The Labute approximate surface area is 114 Å². The smallest absolute Gasteiger partial charge is 0.337 e. The number of nitrogens with zero attached hydrogens (tertiary/aromatic N) is 1. The SMILES string of the molecule is COc1cc(N)c(C(=O)O)cc1OCC(=O)NCC#N. The minimum atomic E-state index is -1.22. The molecule has 0 aromatic heterocycles. The number of carbonyl (C=O) groups excluding carboxylic acids is 1. The summed E-state index contributed by atoms with van der Waals surface area (Å²) in [5, 5.41) is 19.5.